The van der Waals surface area contributed by atoms with Gasteiger partial charge in [0.25, 0.3) is 0 Å². The van der Waals surface area contributed by atoms with Crippen LogP contribution in [0.5, 0.6) is 0 Å². The summed E-state index contributed by atoms with van der Waals surface area (Å²) in [4.78, 5) is 3.72. The van der Waals surface area contributed by atoms with Gasteiger partial charge in [-0.25, -0.2) is 0 Å². The Morgan fingerprint density at radius 2 is 1.92 bits per heavy atom. The average Bonchev–Trinajstić information content (AvgIpc) is 2.07. The molecule has 0 fully saturated rings. The maximum atomic E-state index is 3.72. The molecule has 0 N–H and O–H groups in total. The van der Waals surface area contributed by atoms with Gasteiger partial charge in [0, 0.05) is 6.20 Å². The fraction of sp³-hybridized carbons (Fsp3) is 0.182. The standard InChI is InChI=1S/C11H15N/c1-5-8-11(9-12-4)10(6-2)7-3/h5-9H,2,4H2,1,3H3/b8-5-,10-7-,11-9-. The molecule has 0 aromatic heterocycles. The zero-order chi connectivity index (χ0) is 9.40. The van der Waals surface area contributed by atoms with Crippen LogP contribution in [0.25, 0.3) is 0 Å². The van der Waals surface area contributed by atoms with Gasteiger partial charge in [-0.2, -0.15) is 0 Å². The second-order valence-corrected chi connectivity index (χ2v) is 2.22. The molecule has 64 valence electrons. The van der Waals surface area contributed by atoms with Crippen molar-refractivity contribution in [2.45, 2.75) is 13.8 Å². The molecule has 0 aromatic rings. The molecule has 0 bridgehead atoms. The Morgan fingerprint density at radius 1 is 1.25 bits per heavy atom. The Labute approximate surface area is 74.5 Å². The van der Waals surface area contributed by atoms with E-state index in [2.05, 4.69) is 18.3 Å². The molecule has 0 saturated carbocycles. The largest absolute Gasteiger partial charge is 0.272 e. The summed E-state index contributed by atoms with van der Waals surface area (Å²) in [6.07, 6.45) is 9.45. The minimum absolute atomic E-state index is 1.03. The van der Waals surface area contributed by atoms with Crippen LogP contribution < -0.4 is 0 Å². The number of rotatable bonds is 4. The first-order chi connectivity index (χ1) is 5.79. The fourth-order valence-electron chi connectivity index (χ4n) is 0.894. The number of hydrogen-bond donors (Lipinski definition) is 0. The molecule has 0 atom stereocenters. The summed E-state index contributed by atoms with van der Waals surface area (Å²) in [6, 6.07) is 0. The van der Waals surface area contributed by atoms with E-state index in [4.69, 9.17) is 0 Å². The second-order valence-electron chi connectivity index (χ2n) is 2.22. The van der Waals surface area contributed by atoms with Crippen molar-refractivity contribution in [1.82, 2.24) is 0 Å². The number of hydrogen-bond acceptors (Lipinski definition) is 1. The topological polar surface area (TPSA) is 12.4 Å². The number of nitrogens with zero attached hydrogens (tertiary/aromatic N) is 1. The van der Waals surface area contributed by atoms with Crippen LogP contribution in [-0.4, -0.2) is 6.72 Å². The molecule has 0 spiro atoms. The fourth-order valence-corrected chi connectivity index (χ4v) is 0.894. The van der Waals surface area contributed by atoms with E-state index in [1.165, 1.54) is 0 Å². The predicted molar refractivity (Wildman–Crippen MR) is 56.4 cm³/mol. The highest BCUT2D eigenvalue weighted by molar-refractivity contribution is 5.46. The summed E-state index contributed by atoms with van der Waals surface area (Å²) in [5, 5.41) is 0. The van der Waals surface area contributed by atoms with E-state index >= 15 is 0 Å². The quantitative estimate of drug-likeness (QED) is 0.443. The lowest BCUT2D eigenvalue weighted by Crippen LogP contribution is -1.80. The molecular weight excluding hydrogens is 146 g/mol. The molecule has 0 aliphatic carbocycles. The molecule has 1 heteroatoms. The molecule has 0 heterocycles. The van der Waals surface area contributed by atoms with Gasteiger partial charge in [-0.3, -0.25) is 4.99 Å². The molecule has 0 unspecified atom stereocenters. The monoisotopic (exact) mass is 161 g/mol. The summed E-state index contributed by atoms with van der Waals surface area (Å²) in [6.45, 7) is 11.1. The van der Waals surface area contributed by atoms with Gasteiger partial charge in [0.2, 0.25) is 0 Å². The Balaban J connectivity index is 4.84. The minimum atomic E-state index is 1.03. The third-order valence-electron chi connectivity index (χ3n) is 1.44. The first kappa shape index (κ1) is 10.6. The van der Waals surface area contributed by atoms with Crippen LogP contribution >= 0.6 is 0 Å². The van der Waals surface area contributed by atoms with Crippen molar-refractivity contribution in [3.63, 3.8) is 0 Å². The Morgan fingerprint density at radius 3 is 2.25 bits per heavy atom. The van der Waals surface area contributed by atoms with Gasteiger partial charge >= 0.3 is 0 Å². The van der Waals surface area contributed by atoms with E-state index in [9.17, 15) is 0 Å². The maximum absolute atomic E-state index is 3.72. The molecular formula is C11H15N. The van der Waals surface area contributed by atoms with Crippen molar-refractivity contribution in [1.29, 1.82) is 0 Å². The number of aliphatic imine (C=N–C) groups is 1. The second kappa shape index (κ2) is 6.35. The van der Waals surface area contributed by atoms with Crippen LogP contribution in [0.2, 0.25) is 0 Å². The van der Waals surface area contributed by atoms with Crippen LogP contribution in [0.1, 0.15) is 13.8 Å². The third-order valence-corrected chi connectivity index (χ3v) is 1.44. The predicted octanol–water partition coefficient (Wildman–Crippen LogP) is 3.28. The third kappa shape index (κ3) is 3.15. The Kier molecular flexibility index (Phi) is 5.62. The van der Waals surface area contributed by atoms with Crippen molar-refractivity contribution in [3.05, 3.63) is 48.2 Å². The summed E-state index contributed by atoms with van der Waals surface area (Å²) in [5.41, 5.74) is 2.10. The van der Waals surface area contributed by atoms with Gasteiger partial charge < -0.3 is 0 Å². The first-order valence-electron chi connectivity index (χ1n) is 3.88. The van der Waals surface area contributed by atoms with E-state index in [-0.39, 0.29) is 0 Å². The molecule has 0 radical (unpaired) electrons. The van der Waals surface area contributed by atoms with E-state index in [0.29, 0.717) is 0 Å². The molecule has 0 rings (SSSR count). The highest BCUT2D eigenvalue weighted by atomic mass is 14.6. The van der Waals surface area contributed by atoms with E-state index in [1.807, 2.05) is 32.1 Å². The minimum Gasteiger partial charge on any atom is -0.272 e. The Bertz CT molecular complexity index is 242. The molecule has 0 saturated heterocycles. The summed E-state index contributed by atoms with van der Waals surface area (Å²) >= 11 is 0. The Hall–Kier alpha value is -1.37. The normalized spacial score (nSPS) is 13.5. The molecule has 0 aromatic carbocycles. The van der Waals surface area contributed by atoms with Crippen molar-refractivity contribution in [2.75, 3.05) is 0 Å². The van der Waals surface area contributed by atoms with E-state index in [1.54, 1.807) is 12.3 Å². The van der Waals surface area contributed by atoms with Crippen molar-refractivity contribution < 1.29 is 0 Å². The van der Waals surface area contributed by atoms with Crippen molar-refractivity contribution in [2.24, 2.45) is 4.99 Å². The SMILES string of the molecule is C=CC(=C/C)/C(/C=C\C)=C\N=C. The average molecular weight is 161 g/mol. The molecule has 0 aliphatic heterocycles. The molecule has 1 nitrogen and oxygen atoms in total. The van der Waals surface area contributed by atoms with Gasteiger partial charge in [0.05, 0.1) is 0 Å². The molecule has 0 amide bonds. The van der Waals surface area contributed by atoms with Crippen LogP contribution in [0.3, 0.4) is 0 Å². The summed E-state index contributed by atoms with van der Waals surface area (Å²) < 4.78 is 0. The van der Waals surface area contributed by atoms with Gasteiger partial charge in [0.15, 0.2) is 0 Å². The summed E-state index contributed by atoms with van der Waals surface area (Å²) in [5.74, 6) is 0. The number of allylic oxidation sites excluding steroid dienone is 6. The van der Waals surface area contributed by atoms with Crippen molar-refractivity contribution >= 4 is 6.72 Å². The van der Waals surface area contributed by atoms with E-state index in [0.717, 1.165) is 11.1 Å². The highest BCUT2D eigenvalue weighted by Gasteiger charge is 1.93. The maximum Gasteiger partial charge on any atom is 0.0338 e. The zero-order valence-electron chi connectivity index (χ0n) is 7.75. The van der Waals surface area contributed by atoms with Crippen LogP contribution in [-0.2, 0) is 0 Å². The van der Waals surface area contributed by atoms with Gasteiger partial charge in [-0.05, 0) is 31.7 Å². The first-order valence-corrected chi connectivity index (χ1v) is 3.88. The van der Waals surface area contributed by atoms with Crippen LogP contribution in [0, 0.1) is 0 Å². The van der Waals surface area contributed by atoms with Crippen molar-refractivity contribution in [3.8, 4) is 0 Å². The lowest BCUT2D eigenvalue weighted by Gasteiger charge is -1.99. The van der Waals surface area contributed by atoms with Crippen LogP contribution in [0.4, 0.5) is 0 Å². The van der Waals surface area contributed by atoms with E-state index < -0.39 is 0 Å². The zero-order valence-corrected chi connectivity index (χ0v) is 7.75. The van der Waals surface area contributed by atoms with Gasteiger partial charge in [-0.1, -0.05) is 30.9 Å². The lowest BCUT2D eigenvalue weighted by molar-refractivity contribution is 1.44. The van der Waals surface area contributed by atoms with Gasteiger partial charge in [0.1, 0.15) is 0 Å². The molecule has 0 aliphatic rings. The smallest absolute Gasteiger partial charge is 0.0338 e. The molecule has 12 heavy (non-hydrogen) atoms. The van der Waals surface area contributed by atoms with Crippen LogP contribution in [0.15, 0.2) is 53.2 Å². The van der Waals surface area contributed by atoms with Gasteiger partial charge in [-0.15, -0.1) is 0 Å². The summed E-state index contributed by atoms with van der Waals surface area (Å²) in [7, 11) is 0. The lowest BCUT2D eigenvalue weighted by atomic mass is 10.1. The highest BCUT2D eigenvalue weighted by Crippen LogP contribution is 2.12.